The van der Waals surface area contributed by atoms with Gasteiger partial charge < -0.3 is 14.6 Å². The normalized spacial score (nSPS) is 10.2. The van der Waals surface area contributed by atoms with Gasteiger partial charge in [-0.2, -0.15) is 0 Å². The Labute approximate surface area is 128 Å². The highest BCUT2D eigenvalue weighted by Gasteiger charge is 2.17. The third kappa shape index (κ3) is 3.44. The highest BCUT2D eigenvalue weighted by molar-refractivity contribution is 6.04. The number of esters is 1. The number of aromatic nitrogens is 1. The maximum Gasteiger partial charge on any atom is 0.340 e. The molecular weight excluding hydrogens is 280 g/mol. The van der Waals surface area contributed by atoms with Crippen LogP contribution in [0.5, 0.6) is 0 Å². The lowest BCUT2D eigenvalue weighted by Gasteiger charge is -2.18. The third-order valence-corrected chi connectivity index (χ3v) is 3.19. The van der Waals surface area contributed by atoms with E-state index < -0.39 is 5.97 Å². The van der Waals surface area contributed by atoms with Gasteiger partial charge in [0.15, 0.2) is 6.61 Å². The van der Waals surface area contributed by atoms with E-state index in [0.717, 1.165) is 10.9 Å². The van der Waals surface area contributed by atoms with Gasteiger partial charge in [0.25, 0.3) is 5.91 Å². The maximum absolute atomic E-state index is 12.1. The topological polar surface area (TPSA) is 62.4 Å². The summed E-state index contributed by atoms with van der Waals surface area (Å²) in [4.78, 5) is 28.6. The zero-order valence-corrected chi connectivity index (χ0v) is 12.2. The summed E-state index contributed by atoms with van der Waals surface area (Å²) in [6.45, 7) is 7.65. The smallest absolute Gasteiger partial charge is 0.340 e. The molecule has 0 bridgehead atoms. The van der Waals surface area contributed by atoms with Gasteiger partial charge in [-0.1, -0.05) is 30.4 Å². The van der Waals surface area contributed by atoms with Crippen molar-refractivity contribution >= 4 is 22.8 Å². The summed E-state index contributed by atoms with van der Waals surface area (Å²) < 4.78 is 5.11. The van der Waals surface area contributed by atoms with E-state index in [2.05, 4.69) is 18.1 Å². The first-order valence-electron chi connectivity index (χ1n) is 6.90. The molecule has 0 fully saturated rings. The first kappa shape index (κ1) is 15.6. The minimum Gasteiger partial charge on any atom is -0.452 e. The molecule has 0 unspecified atom stereocenters. The summed E-state index contributed by atoms with van der Waals surface area (Å²) in [6, 6.07) is 7.41. The molecular formula is C17H18N2O3. The molecule has 1 heterocycles. The number of amides is 1. The van der Waals surface area contributed by atoms with E-state index in [1.54, 1.807) is 18.3 Å². The number of rotatable bonds is 7. The van der Waals surface area contributed by atoms with Crippen LogP contribution in [0.4, 0.5) is 0 Å². The van der Waals surface area contributed by atoms with Crippen molar-refractivity contribution in [2.45, 2.75) is 0 Å². The van der Waals surface area contributed by atoms with Crippen molar-refractivity contribution < 1.29 is 14.3 Å². The number of carbonyl (C=O) groups excluding carboxylic acids is 2. The van der Waals surface area contributed by atoms with Crippen molar-refractivity contribution in [1.82, 2.24) is 9.88 Å². The van der Waals surface area contributed by atoms with Crippen LogP contribution in [-0.2, 0) is 9.53 Å². The first-order chi connectivity index (χ1) is 10.7. The predicted molar refractivity (Wildman–Crippen MR) is 85.6 cm³/mol. The van der Waals surface area contributed by atoms with E-state index in [9.17, 15) is 9.59 Å². The molecule has 0 atom stereocenters. The lowest BCUT2D eigenvalue weighted by Crippen LogP contribution is -2.34. The molecule has 0 aliphatic carbocycles. The van der Waals surface area contributed by atoms with Gasteiger partial charge in [-0.05, 0) is 6.07 Å². The number of hydrogen-bond donors (Lipinski definition) is 1. The molecule has 1 aromatic heterocycles. The van der Waals surface area contributed by atoms with Crippen molar-refractivity contribution in [2.75, 3.05) is 19.7 Å². The minimum absolute atomic E-state index is 0.284. The van der Waals surface area contributed by atoms with Crippen LogP contribution in [0.3, 0.4) is 0 Å². The van der Waals surface area contributed by atoms with E-state index in [0.29, 0.717) is 18.7 Å². The Morgan fingerprint density at radius 3 is 2.55 bits per heavy atom. The number of benzene rings is 1. The summed E-state index contributed by atoms with van der Waals surface area (Å²) in [5.41, 5.74) is 1.27. The quantitative estimate of drug-likeness (QED) is 0.631. The monoisotopic (exact) mass is 298 g/mol. The SMILES string of the molecule is C=CCN(CC=C)C(=O)COC(=O)c1c[nH]c2ccccc12. The van der Waals surface area contributed by atoms with Crippen LogP contribution in [0, 0.1) is 0 Å². The van der Waals surface area contributed by atoms with Crippen molar-refractivity contribution in [2.24, 2.45) is 0 Å². The van der Waals surface area contributed by atoms with Gasteiger partial charge in [-0.15, -0.1) is 13.2 Å². The van der Waals surface area contributed by atoms with Crippen LogP contribution in [-0.4, -0.2) is 41.5 Å². The largest absolute Gasteiger partial charge is 0.452 e. The predicted octanol–water partition coefficient (Wildman–Crippen LogP) is 2.53. The second-order valence-electron chi connectivity index (χ2n) is 4.70. The molecule has 0 spiro atoms. The number of carbonyl (C=O) groups is 2. The Balaban J connectivity index is 2.01. The Kier molecular flexibility index (Phi) is 5.14. The van der Waals surface area contributed by atoms with Crippen LogP contribution in [0.1, 0.15) is 10.4 Å². The van der Waals surface area contributed by atoms with Gasteiger partial charge in [0.2, 0.25) is 0 Å². The Bertz CT molecular complexity index is 693. The Morgan fingerprint density at radius 1 is 1.18 bits per heavy atom. The van der Waals surface area contributed by atoms with Gasteiger partial charge in [0.05, 0.1) is 5.56 Å². The van der Waals surface area contributed by atoms with Crippen molar-refractivity contribution in [3.05, 3.63) is 61.3 Å². The van der Waals surface area contributed by atoms with Gasteiger partial charge in [0.1, 0.15) is 0 Å². The number of fused-ring (bicyclic) bond motifs is 1. The molecule has 0 saturated carbocycles. The fraction of sp³-hybridized carbons (Fsp3) is 0.176. The first-order valence-corrected chi connectivity index (χ1v) is 6.90. The van der Waals surface area contributed by atoms with Gasteiger partial charge in [-0.3, -0.25) is 4.79 Å². The molecule has 1 aromatic carbocycles. The molecule has 1 N–H and O–H groups in total. The molecule has 2 rings (SSSR count). The number of H-pyrrole nitrogens is 1. The molecule has 5 nitrogen and oxygen atoms in total. The zero-order chi connectivity index (χ0) is 15.9. The fourth-order valence-corrected chi connectivity index (χ4v) is 2.13. The Morgan fingerprint density at radius 2 is 1.86 bits per heavy atom. The van der Waals surface area contributed by atoms with Crippen molar-refractivity contribution in [3.8, 4) is 0 Å². The Hall–Kier alpha value is -2.82. The lowest BCUT2D eigenvalue weighted by atomic mass is 10.2. The average molecular weight is 298 g/mol. The van der Waals surface area contributed by atoms with Gasteiger partial charge in [0, 0.05) is 30.2 Å². The van der Waals surface area contributed by atoms with Crippen LogP contribution in [0.25, 0.3) is 10.9 Å². The second-order valence-corrected chi connectivity index (χ2v) is 4.70. The van der Waals surface area contributed by atoms with E-state index in [4.69, 9.17) is 4.74 Å². The van der Waals surface area contributed by atoms with Crippen LogP contribution < -0.4 is 0 Å². The summed E-state index contributed by atoms with van der Waals surface area (Å²) in [5.74, 6) is -0.809. The third-order valence-electron chi connectivity index (χ3n) is 3.19. The molecule has 0 aliphatic rings. The van der Waals surface area contributed by atoms with Crippen molar-refractivity contribution in [1.29, 1.82) is 0 Å². The molecule has 0 radical (unpaired) electrons. The molecule has 22 heavy (non-hydrogen) atoms. The number of para-hydroxylation sites is 1. The van der Waals surface area contributed by atoms with Gasteiger partial charge >= 0.3 is 5.97 Å². The summed E-state index contributed by atoms with van der Waals surface area (Å²) in [7, 11) is 0. The van der Waals surface area contributed by atoms with Crippen molar-refractivity contribution in [3.63, 3.8) is 0 Å². The number of nitrogens with zero attached hydrogens (tertiary/aromatic N) is 1. The molecule has 0 saturated heterocycles. The number of hydrogen-bond acceptors (Lipinski definition) is 3. The van der Waals surface area contributed by atoms with Gasteiger partial charge in [-0.25, -0.2) is 4.79 Å². The molecule has 5 heteroatoms. The zero-order valence-electron chi connectivity index (χ0n) is 12.2. The number of aromatic amines is 1. The molecule has 2 aromatic rings. The average Bonchev–Trinajstić information content (AvgIpc) is 2.96. The maximum atomic E-state index is 12.1. The molecule has 1 amide bonds. The number of ether oxygens (including phenoxy) is 1. The molecule has 114 valence electrons. The summed E-state index contributed by atoms with van der Waals surface area (Å²) in [6.07, 6.45) is 4.81. The standard InChI is InChI=1S/C17H18N2O3/c1-3-9-19(10-4-2)16(20)12-22-17(21)14-11-18-15-8-6-5-7-13(14)15/h3-8,11,18H,1-2,9-10,12H2. The van der Waals surface area contributed by atoms with E-state index in [1.807, 2.05) is 24.3 Å². The molecule has 0 aliphatic heterocycles. The van der Waals surface area contributed by atoms with Crippen LogP contribution in [0.2, 0.25) is 0 Å². The van der Waals surface area contributed by atoms with Crippen LogP contribution >= 0.6 is 0 Å². The number of nitrogens with one attached hydrogen (secondary N) is 1. The van der Waals surface area contributed by atoms with E-state index in [1.165, 1.54) is 4.90 Å². The lowest BCUT2D eigenvalue weighted by molar-refractivity contribution is -0.133. The van der Waals surface area contributed by atoms with Crippen LogP contribution in [0.15, 0.2) is 55.8 Å². The van der Waals surface area contributed by atoms with E-state index in [-0.39, 0.29) is 12.5 Å². The van der Waals surface area contributed by atoms with E-state index >= 15 is 0 Å². The fourth-order valence-electron chi connectivity index (χ4n) is 2.13. The highest BCUT2D eigenvalue weighted by Crippen LogP contribution is 2.18. The highest BCUT2D eigenvalue weighted by atomic mass is 16.5. The second kappa shape index (κ2) is 7.26. The summed E-state index contributed by atoms with van der Waals surface area (Å²) in [5, 5.41) is 0.772. The minimum atomic E-state index is -0.525. The summed E-state index contributed by atoms with van der Waals surface area (Å²) >= 11 is 0.